The molecule has 0 aliphatic rings. The zero-order chi connectivity index (χ0) is 22.8. The highest BCUT2D eigenvalue weighted by atomic mass is 35.5. The van der Waals surface area contributed by atoms with Crippen LogP contribution >= 0.6 is 11.6 Å². The molecule has 0 aliphatic heterocycles. The highest BCUT2D eigenvalue weighted by Gasteiger charge is 2.15. The first-order valence-electron chi connectivity index (χ1n) is 9.70. The van der Waals surface area contributed by atoms with Crippen LogP contribution < -0.4 is 11.1 Å². The van der Waals surface area contributed by atoms with E-state index in [-0.39, 0.29) is 18.2 Å². The lowest BCUT2D eigenvalue weighted by Gasteiger charge is -2.08. The first kappa shape index (κ1) is 22.8. The molecule has 0 saturated carbocycles. The van der Waals surface area contributed by atoms with Gasteiger partial charge >= 0.3 is 0 Å². The minimum Gasteiger partial charge on any atom is -0.398 e. The Labute approximate surface area is 187 Å². The number of nitrogen functional groups attached to an aromatic ring is 1. The summed E-state index contributed by atoms with van der Waals surface area (Å²) in [5.74, 6) is -0.380. The van der Waals surface area contributed by atoms with Gasteiger partial charge < -0.3 is 11.1 Å². The molecule has 0 radical (unpaired) electrons. The van der Waals surface area contributed by atoms with Crippen LogP contribution in [0.5, 0.6) is 0 Å². The van der Waals surface area contributed by atoms with Crippen LogP contribution in [-0.4, -0.2) is 42.7 Å². The minimum atomic E-state index is -3.11. The molecule has 7 nitrogen and oxygen atoms in total. The number of carbonyl (C=O) groups excluding carboxylic acids is 1. The van der Waals surface area contributed by atoms with Crippen LogP contribution in [0.3, 0.4) is 0 Å². The van der Waals surface area contributed by atoms with Gasteiger partial charge in [0.05, 0.1) is 27.8 Å². The van der Waals surface area contributed by atoms with E-state index in [4.69, 9.17) is 17.3 Å². The molecule has 3 rings (SSSR count). The molecule has 3 aromatic rings. The maximum atomic E-state index is 12.2. The molecule has 1 heterocycles. The lowest BCUT2D eigenvalue weighted by molar-refractivity contribution is 0.0956. The fraction of sp³-hybridized carbons (Fsp3) is 0.273. The molecule has 3 N–H and O–H groups in total. The number of rotatable bonds is 7. The van der Waals surface area contributed by atoms with Crippen molar-refractivity contribution in [2.75, 3.05) is 24.3 Å². The minimum absolute atomic E-state index is 0.0847. The number of anilines is 1. The number of carbonyl (C=O) groups is 1. The Bertz CT molecular complexity index is 1220. The fourth-order valence-corrected chi connectivity index (χ4v) is 3.91. The molecule has 0 unspecified atom stereocenters. The summed E-state index contributed by atoms with van der Waals surface area (Å²) >= 11 is 6.16. The molecule has 31 heavy (non-hydrogen) atoms. The van der Waals surface area contributed by atoms with Crippen molar-refractivity contribution in [2.24, 2.45) is 0 Å². The van der Waals surface area contributed by atoms with Crippen LogP contribution in [-0.2, 0) is 16.3 Å². The Kier molecular flexibility index (Phi) is 6.71. The third-order valence-electron chi connectivity index (χ3n) is 5.03. The highest BCUT2D eigenvalue weighted by Crippen LogP contribution is 2.25. The van der Waals surface area contributed by atoms with Crippen LogP contribution in [0, 0.1) is 13.8 Å². The smallest absolute Gasteiger partial charge is 0.251 e. The third-order valence-corrected chi connectivity index (χ3v) is 6.30. The molecule has 9 heteroatoms. The first-order chi connectivity index (χ1) is 14.5. The molecule has 0 saturated heterocycles. The second-order valence-corrected chi connectivity index (χ2v) is 10.2. The van der Waals surface area contributed by atoms with Crippen LogP contribution in [0.1, 0.15) is 32.9 Å². The van der Waals surface area contributed by atoms with Gasteiger partial charge in [-0.25, -0.2) is 13.1 Å². The summed E-state index contributed by atoms with van der Waals surface area (Å²) in [5.41, 5.74) is 11.7. The second-order valence-electron chi connectivity index (χ2n) is 7.53. The van der Waals surface area contributed by atoms with E-state index >= 15 is 0 Å². The van der Waals surface area contributed by atoms with Gasteiger partial charge in [0.2, 0.25) is 0 Å². The summed E-state index contributed by atoms with van der Waals surface area (Å²) in [6, 6.07) is 12.7. The highest BCUT2D eigenvalue weighted by molar-refractivity contribution is 7.90. The third kappa shape index (κ3) is 5.65. The summed E-state index contributed by atoms with van der Waals surface area (Å²) < 4.78 is 24.2. The van der Waals surface area contributed by atoms with Crippen molar-refractivity contribution in [1.29, 1.82) is 0 Å². The second kappa shape index (κ2) is 9.11. The number of nitrogens with two attached hydrogens (primary N) is 1. The normalized spacial score (nSPS) is 11.5. The van der Waals surface area contributed by atoms with Crippen molar-refractivity contribution in [2.45, 2.75) is 20.3 Å². The zero-order valence-corrected chi connectivity index (χ0v) is 19.2. The molecule has 2 aromatic carbocycles. The Balaban J connectivity index is 1.73. The Morgan fingerprint density at radius 3 is 2.45 bits per heavy atom. The van der Waals surface area contributed by atoms with Crippen molar-refractivity contribution in [3.8, 4) is 5.69 Å². The molecule has 0 bridgehead atoms. The number of nitrogens with one attached hydrogen (secondary N) is 1. The Morgan fingerprint density at radius 1 is 1.16 bits per heavy atom. The van der Waals surface area contributed by atoms with E-state index < -0.39 is 9.84 Å². The van der Waals surface area contributed by atoms with Gasteiger partial charge in [-0.3, -0.25) is 4.79 Å². The lowest BCUT2D eigenvalue weighted by Crippen LogP contribution is -2.28. The number of amides is 1. The lowest BCUT2D eigenvalue weighted by atomic mass is 10.0. The quantitative estimate of drug-likeness (QED) is 0.527. The monoisotopic (exact) mass is 460 g/mol. The number of benzene rings is 2. The van der Waals surface area contributed by atoms with Crippen molar-refractivity contribution in [1.82, 2.24) is 15.1 Å². The van der Waals surface area contributed by atoms with Gasteiger partial charge in [0.25, 0.3) is 5.91 Å². The van der Waals surface area contributed by atoms with Gasteiger partial charge in [0, 0.05) is 36.0 Å². The van der Waals surface area contributed by atoms with Gasteiger partial charge in [0.1, 0.15) is 9.84 Å². The maximum absolute atomic E-state index is 12.2. The molecule has 1 amide bonds. The number of aromatic nitrogens is 2. The van der Waals surface area contributed by atoms with E-state index in [9.17, 15) is 13.2 Å². The van der Waals surface area contributed by atoms with Crippen molar-refractivity contribution in [3.05, 3.63) is 75.6 Å². The number of aryl methyl sites for hydroxylation is 1. The molecule has 0 fully saturated rings. The SMILES string of the molecule is Cc1nn(-c2ccc(N)c(Cl)c2)c(C)c1Cc1ccc(C(=O)NCCS(C)(=O)=O)cc1. The largest absolute Gasteiger partial charge is 0.398 e. The van der Waals surface area contributed by atoms with Crippen molar-refractivity contribution < 1.29 is 13.2 Å². The predicted molar refractivity (Wildman–Crippen MR) is 124 cm³/mol. The van der Waals surface area contributed by atoms with Crippen LogP contribution in [0.25, 0.3) is 5.69 Å². The average molecular weight is 461 g/mol. The molecule has 0 spiro atoms. The molecule has 0 aliphatic carbocycles. The predicted octanol–water partition coefficient (Wildman–Crippen LogP) is 3.09. The number of nitrogens with zero attached hydrogens (tertiary/aromatic N) is 2. The number of hydrogen-bond acceptors (Lipinski definition) is 5. The number of sulfone groups is 1. The zero-order valence-electron chi connectivity index (χ0n) is 17.6. The van der Waals surface area contributed by atoms with Crippen molar-refractivity contribution >= 4 is 33.0 Å². The van der Waals surface area contributed by atoms with E-state index in [0.29, 0.717) is 22.7 Å². The van der Waals surface area contributed by atoms with Gasteiger partial charge in [-0.05, 0) is 49.7 Å². The summed E-state index contributed by atoms with van der Waals surface area (Å²) in [6.45, 7) is 4.05. The first-order valence-corrected chi connectivity index (χ1v) is 12.1. The van der Waals surface area contributed by atoms with Gasteiger partial charge in [0.15, 0.2) is 0 Å². The summed E-state index contributed by atoms with van der Waals surface area (Å²) in [6.07, 6.45) is 1.80. The molecule has 1 aromatic heterocycles. The van der Waals surface area contributed by atoms with E-state index in [2.05, 4.69) is 10.4 Å². The maximum Gasteiger partial charge on any atom is 0.251 e. The van der Waals surface area contributed by atoms with Gasteiger partial charge in [-0.15, -0.1) is 0 Å². The number of halogens is 1. The van der Waals surface area contributed by atoms with E-state index in [1.165, 1.54) is 0 Å². The topological polar surface area (TPSA) is 107 Å². The van der Waals surface area contributed by atoms with Crippen LogP contribution in [0.2, 0.25) is 5.02 Å². The van der Waals surface area contributed by atoms with Crippen LogP contribution in [0.4, 0.5) is 5.69 Å². The fourth-order valence-electron chi connectivity index (χ4n) is 3.26. The summed E-state index contributed by atoms with van der Waals surface area (Å²) in [4.78, 5) is 12.2. The average Bonchev–Trinajstić information content (AvgIpc) is 2.98. The summed E-state index contributed by atoms with van der Waals surface area (Å²) in [5, 5.41) is 7.76. The Morgan fingerprint density at radius 2 is 1.84 bits per heavy atom. The standard InChI is InChI=1S/C22H25ClN4O3S/c1-14-19(15(2)27(26-14)18-8-9-21(24)20(23)13-18)12-16-4-6-17(7-5-16)22(28)25-10-11-31(3,29)30/h4-9,13H,10-12,24H2,1-3H3,(H,25,28). The van der Waals surface area contributed by atoms with E-state index in [1.54, 1.807) is 24.3 Å². The molecule has 164 valence electrons. The summed E-state index contributed by atoms with van der Waals surface area (Å²) in [7, 11) is -3.11. The van der Waals surface area contributed by atoms with E-state index in [0.717, 1.165) is 34.5 Å². The van der Waals surface area contributed by atoms with Gasteiger partial charge in [-0.1, -0.05) is 23.7 Å². The van der Waals surface area contributed by atoms with Crippen LogP contribution in [0.15, 0.2) is 42.5 Å². The van der Waals surface area contributed by atoms with E-state index in [1.807, 2.05) is 36.7 Å². The van der Waals surface area contributed by atoms with Crippen molar-refractivity contribution in [3.63, 3.8) is 0 Å². The van der Waals surface area contributed by atoms with Gasteiger partial charge in [-0.2, -0.15) is 5.10 Å². The number of hydrogen-bond donors (Lipinski definition) is 2. The molecule has 0 atom stereocenters. The molecular weight excluding hydrogens is 436 g/mol. The molecular formula is C22H25ClN4O3S. The Hall–Kier alpha value is -2.84.